The summed E-state index contributed by atoms with van der Waals surface area (Å²) in [6.07, 6.45) is 2.02. The van der Waals surface area contributed by atoms with Crippen LogP contribution in [0, 0.1) is 13.8 Å². The minimum atomic E-state index is -0.498. The Kier molecular flexibility index (Phi) is 5.74. The molecule has 158 valence electrons. The fraction of sp³-hybridized carbons (Fsp3) is 0.417. The molecule has 0 radical (unpaired) electrons. The highest BCUT2D eigenvalue weighted by Gasteiger charge is 2.43. The SMILES string of the molecule is Cc1cc2c(cc1C)C(=O)CC1(CCN(C(=O)CCOc3ccc(Cl)cc3)CC1)O2. The molecule has 0 aliphatic carbocycles. The molecular formula is C24H26ClNO4. The zero-order chi connectivity index (χ0) is 21.3. The molecule has 0 atom stereocenters. The first-order valence-electron chi connectivity index (χ1n) is 10.3. The van der Waals surface area contributed by atoms with Crippen LogP contribution in [0.3, 0.4) is 0 Å². The van der Waals surface area contributed by atoms with Gasteiger partial charge in [0.1, 0.15) is 17.1 Å². The molecule has 6 heteroatoms. The quantitative estimate of drug-likeness (QED) is 0.706. The number of ketones is 1. The van der Waals surface area contributed by atoms with Crippen LogP contribution in [0.5, 0.6) is 11.5 Å². The molecule has 2 aliphatic rings. The minimum Gasteiger partial charge on any atom is -0.493 e. The van der Waals surface area contributed by atoms with Crippen molar-refractivity contribution in [3.63, 3.8) is 0 Å². The minimum absolute atomic E-state index is 0.0628. The van der Waals surface area contributed by atoms with Gasteiger partial charge in [-0.3, -0.25) is 9.59 Å². The van der Waals surface area contributed by atoms with E-state index in [9.17, 15) is 9.59 Å². The normalized spacial score (nSPS) is 17.4. The number of carbonyl (C=O) groups is 2. The lowest BCUT2D eigenvalue weighted by Gasteiger charge is -2.44. The largest absolute Gasteiger partial charge is 0.493 e. The van der Waals surface area contributed by atoms with Gasteiger partial charge >= 0.3 is 0 Å². The number of halogens is 1. The summed E-state index contributed by atoms with van der Waals surface area (Å²) >= 11 is 5.86. The Morgan fingerprint density at radius 1 is 1.13 bits per heavy atom. The van der Waals surface area contributed by atoms with E-state index in [4.69, 9.17) is 21.1 Å². The van der Waals surface area contributed by atoms with Crippen LogP contribution < -0.4 is 9.47 Å². The predicted molar refractivity (Wildman–Crippen MR) is 116 cm³/mol. The number of likely N-dealkylation sites (tertiary alicyclic amines) is 1. The van der Waals surface area contributed by atoms with Gasteiger partial charge in [0, 0.05) is 31.0 Å². The molecule has 5 nitrogen and oxygen atoms in total. The Morgan fingerprint density at radius 3 is 2.50 bits per heavy atom. The second kappa shape index (κ2) is 8.31. The second-order valence-corrected chi connectivity index (χ2v) is 8.69. The van der Waals surface area contributed by atoms with Crippen LogP contribution >= 0.6 is 11.6 Å². The summed E-state index contributed by atoms with van der Waals surface area (Å²) in [6.45, 7) is 5.54. The molecule has 2 aliphatic heterocycles. The third-order valence-electron chi connectivity index (χ3n) is 6.13. The van der Waals surface area contributed by atoms with Crippen molar-refractivity contribution in [2.24, 2.45) is 0 Å². The first kappa shape index (κ1) is 20.7. The average molecular weight is 428 g/mol. The lowest BCUT2D eigenvalue weighted by molar-refractivity contribution is -0.135. The van der Waals surface area contributed by atoms with Gasteiger partial charge in [0.2, 0.25) is 5.91 Å². The summed E-state index contributed by atoms with van der Waals surface area (Å²) < 4.78 is 12.0. The molecular weight excluding hydrogens is 402 g/mol. The second-order valence-electron chi connectivity index (χ2n) is 8.25. The summed E-state index contributed by atoms with van der Waals surface area (Å²) in [5.41, 5.74) is 2.40. The number of hydrogen-bond donors (Lipinski definition) is 0. The van der Waals surface area contributed by atoms with Crippen molar-refractivity contribution in [3.05, 3.63) is 58.1 Å². The summed E-state index contributed by atoms with van der Waals surface area (Å²) in [5.74, 6) is 1.58. The van der Waals surface area contributed by atoms with E-state index in [0.717, 1.165) is 11.1 Å². The number of ether oxygens (including phenoxy) is 2. The smallest absolute Gasteiger partial charge is 0.226 e. The third kappa shape index (κ3) is 4.31. The van der Waals surface area contributed by atoms with Crippen molar-refractivity contribution < 1.29 is 19.1 Å². The number of benzene rings is 2. The molecule has 2 heterocycles. The zero-order valence-corrected chi connectivity index (χ0v) is 18.1. The number of fused-ring (bicyclic) bond motifs is 1. The number of Topliss-reactive ketones (excluding diaryl/α,β-unsaturated/α-hetero) is 1. The third-order valence-corrected chi connectivity index (χ3v) is 6.38. The molecule has 0 N–H and O–H groups in total. The topological polar surface area (TPSA) is 55.8 Å². The molecule has 1 fully saturated rings. The van der Waals surface area contributed by atoms with Crippen LogP contribution in [0.15, 0.2) is 36.4 Å². The van der Waals surface area contributed by atoms with Crippen molar-refractivity contribution >= 4 is 23.3 Å². The van der Waals surface area contributed by atoms with E-state index in [1.54, 1.807) is 24.3 Å². The van der Waals surface area contributed by atoms with E-state index < -0.39 is 5.60 Å². The highest BCUT2D eigenvalue weighted by molar-refractivity contribution is 6.30. The first-order valence-corrected chi connectivity index (χ1v) is 10.7. The maximum absolute atomic E-state index is 12.7. The Balaban J connectivity index is 1.32. The van der Waals surface area contributed by atoms with Gasteiger partial charge in [-0.25, -0.2) is 0 Å². The molecule has 2 aromatic carbocycles. The number of hydrogen-bond acceptors (Lipinski definition) is 4. The lowest BCUT2D eigenvalue weighted by Crippen LogP contribution is -2.52. The Bertz CT molecular complexity index is 962. The monoisotopic (exact) mass is 427 g/mol. The fourth-order valence-electron chi connectivity index (χ4n) is 4.14. The van der Waals surface area contributed by atoms with E-state index in [-0.39, 0.29) is 11.7 Å². The maximum atomic E-state index is 12.7. The molecule has 0 bridgehead atoms. The standard InChI is InChI=1S/C24H26ClNO4/c1-16-13-20-21(27)15-24(30-22(20)14-17(16)2)8-10-26(11-9-24)23(28)7-12-29-19-5-3-18(25)4-6-19/h3-6,13-14H,7-12,15H2,1-2H3. The van der Waals surface area contributed by atoms with Gasteiger partial charge in [0.25, 0.3) is 0 Å². The van der Waals surface area contributed by atoms with Gasteiger partial charge in [0.15, 0.2) is 5.78 Å². The maximum Gasteiger partial charge on any atom is 0.226 e. The van der Waals surface area contributed by atoms with Gasteiger partial charge in [-0.05, 0) is 61.4 Å². The summed E-state index contributed by atoms with van der Waals surface area (Å²) in [7, 11) is 0. The predicted octanol–water partition coefficient (Wildman–Crippen LogP) is 4.75. The Morgan fingerprint density at radius 2 is 1.80 bits per heavy atom. The lowest BCUT2D eigenvalue weighted by atomic mass is 9.82. The number of nitrogens with zero attached hydrogens (tertiary/aromatic N) is 1. The molecule has 1 saturated heterocycles. The Labute approximate surface area is 181 Å². The fourth-order valence-corrected chi connectivity index (χ4v) is 4.26. The highest BCUT2D eigenvalue weighted by Crippen LogP contribution is 2.40. The van der Waals surface area contributed by atoms with E-state index in [1.807, 2.05) is 30.9 Å². The molecule has 0 unspecified atom stereocenters. The Hall–Kier alpha value is -2.53. The van der Waals surface area contributed by atoms with E-state index in [2.05, 4.69) is 0 Å². The van der Waals surface area contributed by atoms with Crippen molar-refractivity contribution in [1.29, 1.82) is 0 Å². The number of carbonyl (C=O) groups excluding carboxylic acids is 2. The van der Waals surface area contributed by atoms with Crippen molar-refractivity contribution in [3.8, 4) is 11.5 Å². The van der Waals surface area contributed by atoms with Crippen LogP contribution in [-0.2, 0) is 4.79 Å². The number of piperidine rings is 1. The molecule has 4 rings (SSSR count). The van der Waals surface area contributed by atoms with Gasteiger partial charge < -0.3 is 14.4 Å². The number of rotatable bonds is 4. The summed E-state index contributed by atoms with van der Waals surface area (Å²) in [5, 5.41) is 0.650. The van der Waals surface area contributed by atoms with Crippen LogP contribution in [0.4, 0.5) is 0 Å². The molecule has 0 aromatic heterocycles. The van der Waals surface area contributed by atoms with Gasteiger partial charge in [0.05, 0.1) is 25.0 Å². The average Bonchev–Trinajstić information content (AvgIpc) is 2.71. The molecule has 2 aromatic rings. The summed E-state index contributed by atoms with van der Waals surface area (Å²) in [4.78, 5) is 27.2. The van der Waals surface area contributed by atoms with Crippen LogP contribution in [-0.4, -0.2) is 41.9 Å². The zero-order valence-electron chi connectivity index (χ0n) is 17.4. The van der Waals surface area contributed by atoms with Gasteiger partial charge in [-0.1, -0.05) is 11.6 Å². The highest BCUT2D eigenvalue weighted by atomic mass is 35.5. The summed E-state index contributed by atoms with van der Waals surface area (Å²) in [6, 6.07) is 11.0. The molecule has 1 amide bonds. The van der Waals surface area contributed by atoms with Crippen molar-refractivity contribution in [2.45, 2.75) is 45.1 Å². The molecule has 1 spiro atoms. The number of amides is 1. The van der Waals surface area contributed by atoms with Crippen LogP contribution in [0.25, 0.3) is 0 Å². The van der Waals surface area contributed by atoms with Gasteiger partial charge in [-0.15, -0.1) is 0 Å². The van der Waals surface area contributed by atoms with Crippen molar-refractivity contribution in [2.75, 3.05) is 19.7 Å². The molecule has 0 saturated carbocycles. The van der Waals surface area contributed by atoms with E-state index in [0.29, 0.717) is 67.5 Å². The molecule has 30 heavy (non-hydrogen) atoms. The first-order chi connectivity index (χ1) is 14.3. The van der Waals surface area contributed by atoms with E-state index >= 15 is 0 Å². The van der Waals surface area contributed by atoms with Crippen LogP contribution in [0.1, 0.15) is 47.2 Å². The van der Waals surface area contributed by atoms with E-state index in [1.165, 1.54) is 0 Å². The van der Waals surface area contributed by atoms with Crippen molar-refractivity contribution in [1.82, 2.24) is 4.90 Å². The number of aryl methyl sites for hydroxylation is 2. The van der Waals surface area contributed by atoms with Gasteiger partial charge in [-0.2, -0.15) is 0 Å². The van der Waals surface area contributed by atoms with Crippen LogP contribution in [0.2, 0.25) is 5.02 Å².